The number of hydrazone groups is 1. The van der Waals surface area contributed by atoms with Crippen LogP contribution in [0.4, 0.5) is 0 Å². The predicted molar refractivity (Wildman–Crippen MR) is 131 cm³/mol. The minimum absolute atomic E-state index is 0.0215. The van der Waals surface area contributed by atoms with Crippen LogP contribution in [0.5, 0.6) is 17.2 Å². The SMILES string of the molecule is O=C(N/N=C\c1cc(I)ccc1O)/C(=C/c1ccc2c(c1)OCO2)NC(=O)c1ccccc1. The van der Waals surface area contributed by atoms with Crippen LogP contribution in [0.25, 0.3) is 6.08 Å². The van der Waals surface area contributed by atoms with Crippen molar-refractivity contribution in [1.82, 2.24) is 10.7 Å². The molecule has 0 saturated heterocycles. The fourth-order valence-electron chi connectivity index (χ4n) is 2.96. The standard InChI is InChI=1S/C24H18IN3O5/c25-18-7-8-20(29)17(12-18)13-26-28-24(31)19(27-23(30)16-4-2-1-3-5-16)10-15-6-9-21-22(11-15)33-14-32-21/h1-13,29H,14H2,(H,27,30)(H,28,31)/b19-10-,26-13-. The van der Waals surface area contributed by atoms with E-state index in [4.69, 9.17) is 9.47 Å². The molecular formula is C24H18IN3O5. The lowest BCUT2D eigenvalue weighted by molar-refractivity contribution is -0.117. The lowest BCUT2D eigenvalue weighted by Gasteiger charge is -2.09. The fraction of sp³-hybridized carbons (Fsp3) is 0.0417. The molecule has 0 fully saturated rings. The van der Waals surface area contributed by atoms with E-state index in [1.165, 1.54) is 18.4 Å². The van der Waals surface area contributed by atoms with Gasteiger partial charge in [-0.25, -0.2) is 5.43 Å². The van der Waals surface area contributed by atoms with Crippen LogP contribution in [0.15, 0.2) is 77.5 Å². The number of phenols is 1. The fourth-order valence-corrected chi connectivity index (χ4v) is 3.48. The summed E-state index contributed by atoms with van der Waals surface area (Å²) < 4.78 is 11.6. The van der Waals surface area contributed by atoms with Crippen molar-refractivity contribution < 1.29 is 24.2 Å². The highest BCUT2D eigenvalue weighted by Crippen LogP contribution is 2.33. The summed E-state index contributed by atoms with van der Waals surface area (Å²) in [5, 5.41) is 16.5. The highest BCUT2D eigenvalue weighted by molar-refractivity contribution is 14.1. The van der Waals surface area contributed by atoms with E-state index in [0.717, 1.165) is 3.57 Å². The number of hydrogen-bond acceptors (Lipinski definition) is 6. The highest BCUT2D eigenvalue weighted by Gasteiger charge is 2.17. The van der Waals surface area contributed by atoms with Crippen LogP contribution in [0.2, 0.25) is 0 Å². The third-order valence-corrected chi connectivity index (χ3v) is 5.27. The summed E-state index contributed by atoms with van der Waals surface area (Å²) in [6.07, 6.45) is 2.84. The molecule has 33 heavy (non-hydrogen) atoms. The van der Waals surface area contributed by atoms with Gasteiger partial charge in [-0.15, -0.1) is 0 Å². The summed E-state index contributed by atoms with van der Waals surface area (Å²) in [4.78, 5) is 25.5. The molecule has 0 aliphatic carbocycles. The number of nitrogens with zero attached hydrogens (tertiary/aromatic N) is 1. The second-order valence-corrected chi connectivity index (χ2v) is 8.14. The number of phenolic OH excluding ortho intramolecular Hbond substituents is 1. The maximum absolute atomic E-state index is 12.9. The minimum Gasteiger partial charge on any atom is -0.507 e. The number of ether oxygens (including phenoxy) is 2. The predicted octanol–water partition coefficient (Wildman–Crippen LogP) is 3.65. The average molecular weight is 555 g/mol. The van der Waals surface area contributed by atoms with E-state index < -0.39 is 11.8 Å². The monoisotopic (exact) mass is 555 g/mol. The van der Waals surface area contributed by atoms with Crippen molar-refractivity contribution in [2.75, 3.05) is 6.79 Å². The van der Waals surface area contributed by atoms with Crippen molar-refractivity contribution in [1.29, 1.82) is 0 Å². The van der Waals surface area contributed by atoms with E-state index in [1.54, 1.807) is 60.7 Å². The van der Waals surface area contributed by atoms with Gasteiger partial charge in [0, 0.05) is 14.7 Å². The van der Waals surface area contributed by atoms with E-state index in [0.29, 0.717) is 28.2 Å². The van der Waals surface area contributed by atoms with Gasteiger partial charge < -0.3 is 19.9 Å². The first-order valence-corrected chi connectivity index (χ1v) is 10.9. The van der Waals surface area contributed by atoms with Crippen LogP contribution in [0.1, 0.15) is 21.5 Å². The molecular weight excluding hydrogens is 537 g/mol. The van der Waals surface area contributed by atoms with Gasteiger partial charge in [0.25, 0.3) is 11.8 Å². The Kier molecular flexibility index (Phi) is 6.89. The zero-order valence-electron chi connectivity index (χ0n) is 17.1. The average Bonchev–Trinajstić information content (AvgIpc) is 3.29. The summed E-state index contributed by atoms with van der Waals surface area (Å²) in [5.74, 6) is 0.0932. The molecule has 9 heteroatoms. The Labute approximate surface area is 203 Å². The molecule has 4 rings (SSSR count). The molecule has 0 spiro atoms. The Morgan fingerprint density at radius 3 is 2.61 bits per heavy atom. The Hall–Kier alpha value is -3.86. The van der Waals surface area contributed by atoms with Gasteiger partial charge in [-0.05, 0) is 76.7 Å². The number of rotatable bonds is 6. The van der Waals surface area contributed by atoms with Gasteiger partial charge in [0.1, 0.15) is 11.4 Å². The Balaban J connectivity index is 1.57. The molecule has 166 valence electrons. The maximum atomic E-state index is 12.9. The molecule has 0 saturated carbocycles. The number of halogens is 1. The van der Waals surface area contributed by atoms with Crippen molar-refractivity contribution in [3.63, 3.8) is 0 Å². The molecule has 8 nitrogen and oxygen atoms in total. The van der Waals surface area contributed by atoms with Crippen LogP contribution in [0, 0.1) is 3.57 Å². The number of nitrogens with one attached hydrogen (secondary N) is 2. The van der Waals surface area contributed by atoms with Crippen LogP contribution >= 0.6 is 22.6 Å². The molecule has 0 aromatic heterocycles. The van der Waals surface area contributed by atoms with Crippen LogP contribution in [-0.2, 0) is 4.79 Å². The number of carbonyl (C=O) groups is 2. The summed E-state index contributed by atoms with van der Waals surface area (Å²) in [7, 11) is 0. The van der Waals surface area contributed by atoms with E-state index in [9.17, 15) is 14.7 Å². The normalized spacial score (nSPS) is 12.6. The van der Waals surface area contributed by atoms with Crippen molar-refractivity contribution in [3.05, 3.63) is 92.7 Å². The first-order valence-electron chi connectivity index (χ1n) is 9.79. The smallest absolute Gasteiger partial charge is 0.287 e. The molecule has 3 aromatic rings. The second-order valence-electron chi connectivity index (χ2n) is 6.89. The van der Waals surface area contributed by atoms with Gasteiger partial charge in [-0.3, -0.25) is 9.59 Å². The van der Waals surface area contributed by atoms with Crippen molar-refractivity contribution >= 4 is 46.7 Å². The molecule has 2 amide bonds. The van der Waals surface area contributed by atoms with Crippen molar-refractivity contribution in [2.45, 2.75) is 0 Å². The Morgan fingerprint density at radius 2 is 1.79 bits per heavy atom. The largest absolute Gasteiger partial charge is 0.507 e. The molecule has 1 aliphatic heterocycles. The summed E-state index contributed by atoms with van der Waals surface area (Å²) in [6, 6.07) is 18.7. The molecule has 0 radical (unpaired) electrons. The Morgan fingerprint density at radius 1 is 1.00 bits per heavy atom. The molecule has 0 bridgehead atoms. The molecule has 0 atom stereocenters. The summed E-state index contributed by atoms with van der Waals surface area (Å²) in [5.41, 5.74) is 3.82. The van der Waals surface area contributed by atoms with Crippen LogP contribution < -0.4 is 20.2 Å². The molecule has 1 aliphatic rings. The number of fused-ring (bicyclic) bond motifs is 1. The third kappa shape index (κ3) is 5.69. The second kappa shape index (κ2) is 10.2. The van der Waals surface area contributed by atoms with Crippen molar-refractivity contribution in [3.8, 4) is 17.2 Å². The minimum atomic E-state index is -0.640. The lowest BCUT2D eigenvalue weighted by Crippen LogP contribution is -2.32. The quantitative estimate of drug-likeness (QED) is 0.186. The molecule has 3 aromatic carbocycles. The number of aromatic hydroxyl groups is 1. The topological polar surface area (TPSA) is 109 Å². The van der Waals surface area contributed by atoms with E-state index in [2.05, 4.69) is 38.4 Å². The van der Waals surface area contributed by atoms with Gasteiger partial charge in [0.15, 0.2) is 11.5 Å². The van der Waals surface area contributed by atoms with Gasteiger partial charge in [-0.1, -0.05) is 24.3 Å². The van der Waals surface area contributed by atoms with Crippen molar-refractivity contribution in [2.24, 2.45) is 5.10 Å². The number of hydrogen-bond donors (Lipinski definition) is 3. The number of benzene rings is 3. The van der Waals surface area contributed by atoms with Crippen LogP contribution in [-0.4, -0.2) is 29.9 Å². The van der Waals surface area contributed by atoms with Gasteiger partial charge in [0.2, 0.25) is 6.79 Å². The first-order chi connectivity index (χ1) is 16.0. The number of carbonyl (C=O) groups excluding carboxylic acids is 2. The lowest BCUT2D eigenvalue weighted by atomic mass is 10.1. The summed E-state index contributed by atoms with van der Waals surface area (Å²) >= 11 is 2.11. The zero-order chi connectivity index (χ0) is 23.2. The third-order valence-electron chi connectivity index (χ3n) is 4.60. The van der Waals surface area contributed by atoms with E-state index in [1.807, 2.05) is 0 Å². The van der Waals surface area contributed by atoms with Gasteiger partial charge in [0.05, 0.1) is 6.21 Å². The molecule has 0 unspecified atom stereocenters. The molecule has 1 heterocycles. The van der Waals surface area contributed by atoms with E-state index in [-0.39, 0.29) is 18.2 Å². The molecule has 3 N–H and O–H groups in total. The van der Waals surface area contributed by atoms with Gasteiger partial charge >= 0.3 is 0 Å². The van der Waals surface area contributed by atoms with E-state index >= 15 is 0 Å². The maximum Gasteiger partial charge on any atom is 0.287 e. The zero-order valence-corrected chi connectivity index (χ0v) is 19.3. The summed E-state index contributed by atoms with van der Waals surface area (Å²) in [6.45, 7) is 0.126. The first kappa shape index (κ1) is 22.3. The highest BCUT2D eigenvalue weighted by atomic mass is 127. The van der Waals surface area contributed by atoms with Crippen LogP contribution in [0.3, 0.4) is 0 Å². The number of amides is 2. The Bertz CT molecular complexity index is 1260. The van der Waals surface area contributed by atoms with Gasteiger partial charge in [-0.2, -0.15) is 5.10 Å².